The van der Waals surface area contributed by atoms with E-state index in [1.165, 1.54) is 10.4 Å². The third kappa shape index (κ3) is 2.23. The summed E-state index contributed by atoms with van der Waals surface area (Å²) in [7, 11) is 1.67. The Morgan fingerprint density at radius 3 is 2.69 bits per heavy atom. The van der Waals surface area contributed by atoms with Crippen LogP contribution >= 0.6 is 11.3 Å². The summed E-state index contributed by atoms with van der Waals surface area (Å²) in [5.41, 5.74) is 9.68. The molecule has 0 bridgehead atoms. The van der Waals surface area contributed by atoms with Crippen molar-refractivity contribution in [2.45, 2.75) is 6.42 Å². The summed E-state index contributed by atoms with van der Waals surface area (Å²) in [6.45, 7) is 0.632. The molecule has 0 atom stereocenters. The molecule has 3 nitrogen and oxygen atoms in total. The first-order valence-electron chi connectivity index (χ1n) is 5.12. The Labute approximate surface area is 98.9 Å². The molecule has 0 unspecified atom stereocenters. The Kier molecular flexibility index (Phi) is 3.54. The number of benzene rings is 1. The van der Waals surface area contributed by atoms with E-state index in [1.807, 2.05) is 29.8 Å². The third-order valence-electron chi connectivity index (χ3n) is 2.37. The van der Waals surface area contributed by atoms with Gasteiger partial charge >= 0.3 is 0 Å². The van der Waals surface area contributed by atoms with Gasteiger partial charge in [0.05, 0.1) is 23.2 Å². The van der Waals surface area contributed by atoms with E-state index in [0.29, 0.717) is 6.54 Å². The average Bonchev–Trinajstić information content (AvgIpc) is 2.78. The molecule has 1 heterocycles. The van der Waals surface area contributed by atoms with Gasteiger partial charge < -0.3 is 10.5 Å². The maximum atomic E-state index is 5.56. The number of rotatable bonds is 4. The Morgan fingerprint density at radius 2 is 2.06 bits per heavy atom. The van der Waals surface area contributed by atoms with Gasteiger partial charge in [-0.3, -0.25) is 0 Å². The number of nitrogens with two attached hydrogens (primary N) is 1. The van der Waals surface area contributed by atoms with Crippen LogP contribution in [0.2, 0.25) is 0 Å². The van der Waals surface area contributed by atoms with E-state index in [0.717, 1.165) is 17.9 Å². The molecular formula is C12H14N2OS. The predicted molar refractivity (Wildman–Crippen MR) is 66.9 cm³/mol. The molecule has 16 heavy (non-hydrogen) atoms. The monoisotopic (exact) mass is 234 g/mol. The van der Waals surface area contributed by atoms with Crippen LogP contribution in [0.5, 0.6) is 5.75 Å². The lowest BCUT2D eigenvalue weighted by atomic mass is 10.1. The van der Waals surface area contributed by atoms with E-state index in [1.54, 1.807) is 18.4 Å². The first kappa shape index (κ1) is 11.1. The van der Waals surface area contributed by atoms with Gasteiger partial charge in [0.25, 0.3) is 0 Å². The number of hydrogen-bond acceptors (Lipinski definition) is 4. The highest BCUT2D eigenvalue weighted by atomic mass is 32.1. The summed E-state index contributed by atoms with van der Waals surface area (Å²) in [5, 5.41) is 0. The van der Waals surface area contributed by atoms with Crippen molar-refractivity contribution in [1.29, 1.82) is 0 Å². The molecule has 0 amide bonds. The van der Waals surface area contributed by atoms with Crippen molar-refractivity contribution in [3.8, 4) is 16.2 Å². The first-order valence-corrected chi connectivity index (χ1v) is 6.00. The van der Waals surface area contributed by atoms with E-state index in [4.69, 9.17) is 10.5 Å². The van der Waals surface area contributed by atoms with Gasteiger partial charge in [0, 0.05) is 6.42 Å². The quantitative estimate of drug-likeness (QED) is 0.883. The lowest BCUT2D eigenvalue weighted by molar-refractivity contribution is 0.415. The van der Waals surface area contributed by atoms with Gasteiger partial charge in [-0.05, 0) is 36.4 Å². The van der Waals surface area contributed by atoms with E-state index < -0.39 is 0 Å². The zero-order chi connectivity index (χ0) is 11.4. The smallest absolute Gasteiger partial charge is 0.118 e. The van der Waals surface area contributed by atoms with Gasteiger partial charge in [-0.1, -0.05) is 0 Å². The maximum absolute atomic E-state index is 5.56. The normalized spacial score (nSPS) is 10.4. The summed E-state index contributed by atoms with van der Waals surface area (Å²) in [5.74, 6) is 0.869. The second kappa shape index (κ2) is 5.09. The van der Waals surface area contributed by atoms with Crippen LogP contribution < -0.4 is 10.5 Å². The van der Waals surface area contributed by atoms with Crippen molar-refractivity contribution in [3.63, 3.8) is 0 Å². The molecule has 2 aromatic rings. The van der Waals surface area contributed by atoms with Gasteiger partial charge in [-0.25, -0.2) is 4.98 Å². The summed E-state index contributed by atoms with van der Waals surface area (Å²) in [6.07, 6.45) is 0.824. The number of ether oxygens (including phenoxy) is 1. The maximum Gasteiger partial charge on any atom is 0.118 e. The summed E-state index contributed by atoms with van der Waals surface area (Å²) < 4.78 is 5.13. The van der Waals surface area contributed by atoms with Crippen LogP contribution in [0.25, 0.3) is 10.4 Å². The van der Waals surface area contributed by atoms with Gasteiger partial charge in [0.1, 0.15) is 5.75 Å². The lowest BCUT2D eigenvalue weighted by Crippen LogP contribution is -2.03. The molecule has 1 aromatic heterocycles. The Bertz CT molecular complexity index is 450. The second-order valence-electron chi connectivity index (χ2n) is 3.40. The van der Waals surface area contributed by atoms with Gasteiger partial charge in [-0.2, -0.15) is 0 Å². The second-order valence-corrected chi connectivity index (χ2v) is 4.25. The highest BCUT2D eigenvalue weighted by molar-refractivity contribution is 7.13. The van der Waals surface area contributed by atoms with Crippen LogP contribution in [0.3, 0.4) is 0 Å². The van der Waals surface area contributed by atoms with Crippen molar-refractivity contribution in [2.24, 2.45) is 5.73 Å². The number of methoxy groups -OCH3 is 1. The fourth-order valence-electron chi connectivity index (χ4n) is 1.56. The molecular weight excluding hydrogens is 220 g/mol. The first-order chi connectivity index (χ1) is 7.85. The van der Waals surface area contributed by atoms with Crippen LogP contribution in [0, 0.1) is 0 Å². The van der Waals surface area contributed by atoms with Crippen LogP contribution in [0.15, 0.2) is 29.8 Å². The van der Waals surface area contributed by atoms with E-state index in [2.05, 4.69) is 4.98 Å². The molecule has 0 saturated carbocycles. The fourth-order valence-corrected chi connectivity index (χ4v) is 2.41. The highest BCUT2D eigenvalue weighted by Gasteiger charge is 2.07. The summed E-state index contributed by atoms with van der Waals surface area (Å²) >= 11 is 1.65. The zero-order valence-electron chi connectivity index (χ0n) is 9.14. The summed E-state index contributed by atoms with van der Waals surface area (Å²) in [6, 6.07) is 8.02. The van der Waals surface area contributed by atoms with Crippen molar-refractivity contribution in [2.75, 3.05) is 13.7 Å². The molecule has 0 aliphatic heterocycles. The molecule has 0 aliphatic rings. The topological polar surface area (TPSA) is 48.1 Å². The molecule has 2 rings (SSSR count). The Morgan fingerprint density at radius 1 is 1.31 bits per heavy atom. The molecule has 1 aromatic carbocycles. The fraction of sp³-hybridized carbons (Fsp3) is 0.250. The minimum atomic E-state index is 0.632. The number of nitrogens with zero attached hydrogens (tertiary/aromatic N) is 1. The van der Waals surface area contributed by atoms with Crippen molar-refractivity contribution >= 4 is 11.3 Å². The number of thiazole rings is 1. The van der Waals surface area contributed by atoms with E-state index in [9.17, 15) is 0 Å². The van der Waals surface area contributed by atoms with Crippen molar-refractivity contribution in [3.05, 3.63) is 35.5 Å². The van der Waals surface area contributed by atoms with Crippen molar-refractivity contribution < 1.29 is 4.74 Å². The molecule has 0 saturated heterocycles. The summed E-state index contributed by atoms with van der Waals surface area (Å²) in [4.78, 5) is 5.53. The molecule has 84 valence electrons. The van der Waals surface area contributed by atoms with Gasteiger partial charge in [0.2, 0.25) is 0 Å². The minimum Gasteiger partial charge on any atom is -0.497 e. The SMILES string of the molecule is COc1ccc(-c2scnc2CCN)cc1. The Hall–Kier alpha value is -1.39. The van der Waals surface area contributed by atoms with E-state index in [-0.39, 0.29) is 0 Å². The Balaban J connectivity index is 2.31. The number of aromatic nitrogens is 1. The van der Waals surface area contributed by atoms with Gasteiger partial charge in [-0.15, -0.1) is 11.3 Å². The zero-order valence-corrected chi connectivity index (χ0v) is 9.96. The van der Waals surface area contributed by atoms with Crippen molar-refractivity contribution in [1.82, 2.24) is 4.98 Å². The molecule has 2 N–H and O–H groups in total. The molecule has 0 fully saturated rings. The number of hydrogen-bond donors (Lipinski definition) is 1. The molecule has 0 aliphatic carbocycles. The third-order valence-corrected chi connectivity index (χ3v) is 3.29. The highest BCUT2D eigenvalue weighted by Crippen LogP contribution is 2.29. The van der Waals surface area contributed by atoms with Crippen LogP contribution in [-0.4, -0.2) is 18.6 Å². The van der Waals surface area contributed by atoms with Crippen LogP contribution in [0.1, 0.15) is 5.69 Å². The minimum absolute atomic E-state index is 0.632. The lowest BCUT2D eigenvalue weighted by Gasteiger charge is -2.03. The van der Waals surface area contributed by atoms with Crippen LogP contribution in [0.4, 0.5) is 0 Å². The van der Waals surface area contributed by atoms with E-state index >= 15 is 0 Å². The molecule has 4 heteroatoms. The van der Waals surface area contributed by atoms with Gasteiger partial charge in [0.15, 0.2) is 0 Å². The predicted octanol–water partition coefficient (Wildman–Crippen LogP) is 2.32. The standard InChI is InChI=1S/C12H14N2OS/c1-15-10-4-2-9(3-5-10)12-11(6-7-13)14-8-16-12/h2-5,8H,6-7,13H2,1H3. The molecule has 0 spiro atoms. The van der Waals surface area contributed by atoms with Crippen LogP contribution in [-0.2, 0) is 6.42 Å². The largest absolute Gasteiger partial charge is 0.497 e. The average molecular weight is 234 g/mol. The molecule has 0 radical (unpaired) electrons.